The van der Waals surface area contributed by atoms with Crippen molar-refractivity contribution in [3.05, 3.63) is 17.2 Å². The van der Waals surface area contributed by atoms with Crippen molar-refractivity contribution in [1.29, 1.82) is 5.26 Å². The maximum absolute atomic E-state index is 12.4. The average molecular weight is 307 g/mol. The van der Waals surface area contributed by atoms with Crippen molar-refractivity contribution in [3.8, 4) is 6.07 Å². The zero-order valence-electron chi connectivity index (χ0n) is 10.7. The lowest BCUT2D eigenvalue weighted by atomic mass is 9.63. The van der Waals surface area contributed by atoms with Gasteiger partial charge in [-0.1, -0.05) is 18.5 Å². The first-order valence-electron chi connectivity index (χ1n) is 6.19. The van der Waals surface area contributed by atoms with Gasteiger partial charge in [0.05, 0.1) is 28.5 Å². The Kier molecular flexibility index (Phi) is 3.11. The van der Waals surface area contributed by atoms with Crippen LogP contribution in [0.3, 0.4) is 0 Å². The Morgan fingerprint density at radius 1 is 1.55 bits per heavy atom. The molecule has 1 N–H and O–H groups in total. The molecule has 3 rings (SSSR count). The number of amides is 1. The van der Waals surface area contributed by atoms with Crippen LogP contribution in [0.25, 0.3) is 11.0 Å². The van der Waals surface area contributed by atoms with Crippen LogP contribution in [0.5, 0.6) is 0 Å². The topological polar surface area (TPSA) is 78.7 Å². The number of rotatable bonds is 2. The summed E-state index contributed by atoms with van der Waals surface area (Å²) in [7, 11) is 0. The Morgan fingerprint density at radius 2 is 2.30 bits per heavy atom. The minimum atomic E-state index is -0.936. The van der Waals surface area contributed by atoms with Gasteiger partial charge < -0.3 is 5.32 Å². The van der Waals surface area contributed by atoms with Crippen molar-refractivity contribution in [2.75, 3.05) is 5.32 Å². The molecule has 1 aromatic heterocycles. The molecule has 1 saturated carbocycles. The number of nitriles is 1. The summed E-state index contributed by atoms with van der Waals surface area (Å²) in [5.41, 5.74) is 0.755. The van der Waals surface area contributed by atoms with E-state index in [0.717, 1.165) is 11.7 Å². The van der Waals surface area contributed by atoms with Crippen LogP contribution < -0.4 is 5.32 Å². The van der Waals surface area contributed by atoms with Gasteiger partial charge in [-0.15, -0.1) is 0 Å². The van der Waals surface area contributed by atoms with Crippen LogP contribution in [0.1, 0.15) is 19.8 Å². The van der Waals surface area contributed by atoms with Crippen LogP contribution in [0.15, 0.2) is 12.1 Å². The molecule has 0 saturated heterocycles. The summed E-state index contributed by atoms with van der Waals surface area (Å²) in [5, 5.41) is 12.4. The van der Waals surface area contributed by atoms with Crippen LogP contribution in [0.4, 0.5) is 5.69 Å². The van der Waals surface area contributed by atoms with E-state index in [0.29, 0.717) is 40.5 Å². The number of nitrogens with one attached hydrogen (secondary N) is 1. The van der Waals surface area contributed by atoms with Crippen molar-refractivity contribution in [3.63, 3.8) is 0 Å². The highest BCUT2D eigenvalue weighted by molar-refractivity contribution is 7.00. The highest BCUT2D eigenvalue weighted by Crippen LogP contribution is 2.46. The van der Waals surface area contributed by atoms with Gasteiger partial charge in [-0.25, -0.2) is 0 Å². The van der Waals surface area contributed by atoms with Crippen LogP contribution in [0.2, 0.25) is 5.02 Å². The fourth-order valence-electron chi connectivity index (χ4n) is 2.64. The van der Waals surface area contributed by atoms with Crippen LogP contribution in [0, 0.1) is 22.7 Å². The van der Waals surface area contributed by atoms with Gasteiger partial charge in [-0.05, 0) is 30.9 Å². The average Bonchev–Trinajstić information content (AvgIpc) is 2.86. The minimum Gasteiger partial charge on any atom is -0.321 e. The Balaban J connectivity index is 1.94. The molecular formula is C13H11ClN4OS. The van der Waals surface area contributed by atoms with Crippen LogP contribution >= 0.6 is 23.3 Å². The molecule has 20 heavy (non-hydrogen) atoms. The van der Waals surface area contributed by atoms with E-state index in [1.165, 1.54) is 0 Å². The summed E-state index contributed by atoms with van der Waals surface area (Å²) in [6.07, 6.45) is 1.16. The molecule has 0 radical (unpaired) electrons. The molecule has 7 heteroatoms. The van der Waals surface area contributed by atoms with Gasteiger partial charge in [0.15, 0.2) is 0 Å². The van der Waals surface area contributed by atoms with E-state index in [4.69, 9.17) is 11.6 Å². The van der Waals surface area contributed by atoms with Gasteiger partial charge in [0.1, 0.15) is 16.4 Å². The number of fused-ring (bicyclic) bond motifs is 1. The van der Waals surface area contributed by atoms with E-state index in [-0.39, 0.29) is 5.91 Å². The van der Waals surface area contributed by atoms with Crippen molar-refractivity contribution >= 4 is 46.0 Å². The Labute approximate surface area is 124 Å². The zero-order valence-corrected chi connectivity index (χ0v) is 12.3. The molecule has 1 fully saturated rings. The van der Waals surface area contributed by atoms with Crippen molar-refractivity contribution in [1.82, 2.24) is 8.75 Å². The van der Waals surface area contributed by atoms with Crippen LogP contribution in [-0.2, 0) is 4.79 Å². The molecule has 1 amide bonds. The number of carbonyl (C=O) groups excluding carboxylic acids is 1. The quantitative estimate of drug-likeness (QED) is 0.924. The second-order valence-corrected chi connectivity index (χ2v) is 6.15. The van der Waals surface area contributed by atoms with Gasteiger partial charge in [0.2, 0.25) is 5.91 Å². The number of hydrogen-bond acceptors (Lipinski definition) is 5. The summed E-state index contributed by atoms with van der Waals surface area (Å²) < 4.78 is 8.26. The monoisotopic (exact) mass is 306 g/mol. The predicted molar refractivity (Wildman–Crippen MR) is 77.5 cm³/mol. The van der Waals surface area contributed by atoms with E-state index in [2.05, 4.69) is 20.1 Å². The summed E-state index contributed by atoms with van der Waals surface area (Å²) in [5.74, 6) is 0.0908. The third-order valence-corrected chi connectivity index (χ3v) is 4.52. The first-order valence-corrected chi connectivity index (χ1v) is 7.30. The molecule has 102 valence electrons. The molecule has 0 atom stereocenters. The summed E-state index contributed by atoms with van der Waals surface area (Å²) in [4.78, 5) is 12.4. The Morgan fingerprint density at radius 3 is 2.95 bits per heavy atom. The van der Waals surface area contributed by atoms with Gasteiger partial charge in [-0.2, -0.15) is 14.0 Å². The number of hydrogen-bond donors (Lipinski definition) is 1. The number of halogens is 1. The number of benzene rings is 1. The third-order valence-electron chi connectivity index (χ3n) is 3.66. The number of carbonyl (C=O) groups is 1. The normalized spacial score (nSPS) is 24.9. The molecule has 1 aliphatic rings. The van der Waals surface area contributed by atoms with E-state index in [1.807, 2.05) is 6.92 Å². The van der Waals surface area contributed by atoms with Crippen LogP contribution in [-0.4, -0.2) is 14.7 Å². The summed E-state index contributed by atoms with van der Waals surface area (Å²) in [6.45, 7) is 2.03. The predicted octanol–water partition coefficient (Wildman–Crippen LogP) is 3.22. The number of anilines is 1. The Bertz CT molecular complexity index is 730. The summed E-state index contributed by atoms with van der Waals surface area (Å²) >= 11 is 7.19. The molecule has 1 heterocycles. The van der Waals surface area contributed by atoms with Crippen molar-refractivity contribution in [2.24, 2.45) is 11.3 Å². The van der Waals surface area contributed by atoms with Gasteiger partial charge in [-0.3, -0.25) is 4.79 Å². The molecule has 0 spiro atoms. The molecule has 2 aromatic rings. The zero-order chi connectivity index (χ0) is 14.3. The first-order chi connectivity index (χ1) is 9.55. The minimum absolute atomic E-state index is 0.305. The van der Waals surface area contributed by atoms with Gasteiger partial charge in [0.25, 0.3) is 0 Å². The molecule has 0 aliphatic heterocycles. The van der Waals surface area contributed by atoms with E-state index in [1.54, 1.807) is 12.1 Å². The highest BCUT2D eigenvalue weighted by atomic mass is 35.5. The number of aromatic nitrogens is 2. The van der Waals surface area contributed by atoms with Gasteiger partial charge in [0, 0.05) is 0 Å². The first kappa shape index (κ1) is 13.3. The number of nitrogens with zero attached hydrogens (tertiary/aromatic N) is 3. The Hall–Kier alpha value is -1.71. The van der Waals surface area contributed by atoms with E-state index >= 15 is 0 Å². The lowest BCUT2D eigenvalue weighted by Crippen LogP contribution is -2.45. The lowest BCUT2D eigenvalue weighted by Gasteiger charge is -2.39. The maximum Gasteiger partial charge on any atom is 0.244 e. The molecule has 0 bridgehead atoms. The molecule has 0 unspecified atom stereocenters. The van der Waals surface area contributed by atoms with E-state index < -0.39 is 5.41 Å². The third kappa shape index (κ3) is 1.94. The lowest BCUT2D eigenvalue weighted by molar-refractivity contribution is -0.128. The van der Waals surface area contributed by atoms with Crippen molar-refractivity contribution < 1.29 is 4.79 Å². The van der Waals surface area contributed by atoms with E-state index in [9.17, 15) is 10.1 Å². The maximum atomic E-state index is 12.4. The molecule has 5 nitrogen and oxygen atoms in total. The second kappa shape index (κ2) is 4.69. The molecule has 1 aliphatic carbocycles. The fraction of sp³-hybridized carbons (Fsp3) is 0.385. The van der Waals surface area contributed by atoms with Gasteiger partial charge >= 0.3 is 0 Å². The molecule has 1 aromatic carbocycles. The van der Waals surface area contributed by atoms with Crippen molar-refractivity contribution in [2.45, 2.75) is 19.8 Å². The largest absolute Gasteiger partial charge is 0.321 e. The SMILES string of the molecule is CC1CC(C#N)(C(=O)Nc2c(Cl)ccc3nsnc23)C1. The summed E-state index contributed by atoms with van der Waals surface area (Å²) in [6, 6.07) is 5.56. The fourth-order valence-corrected chi connectivity index (χ4v) is 3.38. The molecular weight excluding hydrogens is 296 g/mol. The highest BCUT2D eigenvalue weighted by Gasteiger charge is 2.49. The standard InChI is InChI=1S/C13H11ClN4OS/c1-7-4-13(5-7,6-15)12(19)16-10-8(14)2-3-9-11(10)18-20-17-9/h2-3,7H,4-5H2,1H3,(H,16,19). The second-order valence-electron chi connectivity index (χ2n) is 5.22. The smallest absolute Gasteiger partial charge is 0.244 e.